The van der Waals surface area contributed by atoms with Crippen LogP contribution in [0, 0.1) is 0 Å². The Morgan fingerprint density at radius 1 is 1.10 bits per heavy atom. The average Bonchev–Trinajstić information content (AvgIpc) is 2.53. The van der Waals surface area contributed by atoms with Crippen molar-refractivity contribution >= 4 is 32.7 Å². The fraction of sp³-hybridized carbons (Fsp3) is 0.0625. The summed E-state index contributed by atoms with van der Waals surface area (Å²) in [4.78, 5) is 4.50. The predicted octanol–water partition coefficient (Wildman–Crippen LogP) is 3.86. The van der Waals surface area contributed by atoms with Crippen LogP contribution in [0.5, 0.6) is 5.75 Å². The highest BCUT2D eigenvalue weighted by Gasteiger charge is 2.07. The fourth-order valence-corrected chi connectivity index (χ4v) is 2.35. The molecule has 0 atom stereocenters. The number of nitrogens with zero attached hydrogens (tertiary/aromatic N) is 1. The molecule has 1 heterocycles. The summed E-state index contributed by atoms with van der Waals surface area (Å²) in [6.07, 6.45) is 0. The molecule has 0 aliphatic heterocycles. The van der Waals surface area contributed by atoms with Crippen molar-refractivity contribution in [2.24, 2.45) is 5.84 Å². The summed E-state index contributed by atoms with van der Waals surface area (Å²) in [5.74, 6) is 6.99. The van der Waals surface area contributed by atoms with Crippen LogP contribution in [0.4, 0.5) is 5.82 Å². The molecule has 21 heavy (non-hydrogen) atoms. The number of fused-ring (bicyclic) bond motifs is 1. The Morgan fingerprint density at radius 3 is 2.62 bits per heavy atom. The summed E-state index contributed by atoms with van der Waals surface area (Å²) >= 11 is 3.40. The number of halogens is 1. The van der Waals surface area contributed by atoms with Crippen LogP contribution in [0.2, 0.25) is 0 Å². The molecule has 0 fully saturated rings. The van der Waals surface area contributed by atoms with Crippen LogP contribution in [-0.2, 0) is 6.61 Å². The first-order valence-corrected chi connectivity index (χ1v) is 7.29. The molecule has 0 aliphatic rings. The Labute approximate surface area is 131 Å². The van der Waals surface area contributed by atoms with Gasteiger partial charge in [-0.25, -0.2) is 10.8 Å². The molecule has 0 bridgehead atoms. The molecule has 3 rings (SSSR count). The van der Waals surface area contributed by atoms with Crippen LogP contribution in [0.3, 0.4) is 0 Å². The summed E-state index contributed by atoms with van der Waals surface area (Å²) < 4.78 is 6.80. The molecular formula is C16H14BrN3O. The smallest absolute Gasteiger partial charge is 0.147 e. The van der Waals surface area contributed by atoms with Gasteiger partial charge < -0.3 is 10.2 Å². The zero-order valence-electron chi connectivity index (χ0n) is 11.2. The molecule has 0 spiro atoms. The molecular weight excluding hydrogens is 330 g/mol. The van der Waals surface area contributed by atoms with Gasteiger partial charge in [-0.3, -0.25) is 0 Å². The number of hydrogen-bond donors (Lipinski definition) is 2. The van der Waals surface area contributed by atoms with Crippen molar-refractivity contribution in [3.8, 4) is 5.75 Å². The van der Waals surface area contributed by atoms with Gasteiger partial charge in [-0.1, -0.05) is 34.1 Å². The maximum atomic E-state index is 5.78. The number of nitrogens with one attached hydrogen (secondary N) is 1. The second-order valence-electron chi connectivity index (χ2n) is 4.58. The molecule has 0 saturated heterocycles. The average molecular weight is 344 g/mol. The highest BCUT2D eigenvalue weighted by atomic mass is 79.9. The monoisotopic (exact) mass is 343 g/mol. The van der Waals surface area contributed by atoms with Gasteiger partial charge in [0.05, 0.1) is 5.52 Å². The molecule has 3 aromatic rings. The molecule has 0 saturated carbocycles. The number of hydrogen-bond acceptors (Lipinski definition) is 4. The first-order chi connectivity index (χ1) is 10.3. The van der Waals surface area contributed by atoms with Gasteiger partial charge in [0, 0.05) is 15.4 Å². The molecule has 2 aromatic carbocycles. The van der Waals surface area contributed by atoms with Crippen LogP contribution >= 0.6 is 15.9 Å². The summed E-state index contributed by atoms with van der Waals surface area (Å²) in [7, 11) is 0. The summed E-state index contributed by atoms with van der Waals surface area (Å²) in [5, 5.41) is 1.06. The molecule has 0 radical (unpaired) electrons. The van der Waals surface area contributed by atoms with Crippen molar-refractivity contribution in [3.63, 3.8) is 0 Å². The number of nitrogen functional groups attached to an aromatic ring is 1. The van der Waals surface area contributed by atoms with E-state index in [0.717, 1.165) is 26.7 Å². The maximum absolute atomic E-state index is 5.78. The lowest BCUT2D eigenvalue weighted by Crippen LogP contribution is -2.12. The van der Waals surface area contributed by atoms with Crippen molar-refractivity contribution < 1.29 is 4.74 Å². The molecule has 0 unspecified atom stereocenters. The minimum atomic E-state index is 0.402. The van der Waals surface area contributed by atoms with Crippen molar-refractivity contribution in [2.75, 3.05) is 5.43 Å². The van der Waals surface area contributed by atoms with Crippen molar-refractivity contribution in [2.45, 2.75) is 6.61 Å². The van der Waals surface area contributed by atoms with Gasteiger partial charge in [-0.2, -0.15) is 0 Å². The Bertz CT molecular complexity index is 759. The van der Waals surface area contributed by atoms with Gasteiger partial charge in [-0.15, -0.1) is 0 Å². The van der Waals surface area contributed by atoms with E-state index in [0.29, 0.717) is 12.4 Å². The minimum Gasteiger partial charge on any atom is -0.489 e. The number of nitrogens with two attached hydrogens (primary N) is 1. The lowest BCUT2D eigenvalue weighted by atomic mass is 10.1. The van der Waals surface area contributed by atoms with Crippen molar-refractivity contribution in [1.29, 1.82) is 0 Å². The molecule has 1 aromatic heterocycles. The highest BCUT2D eigenvalue weighted by molar-refractivity contribution is 9.10. The minimum absolute atomic E-state index is 0.402. The number of ether oxygens (including phenoxy) is 1. The lowest BCUT2D eigenvalue weighted by molar-refractivity contribution is 0.306. The second kappa shape index (κ2) is 6.11. The third-order valence-electron chi connectivity index (χ3n) is 3.15. The van der Waals surface area contributed by atoms with Gasteiger partial charge in [0.1, 0.15) is 18.2 Å². The standard InChI is InChI=1S/C16H14BrN3O/c17-13-5-7-14(8-6-13)21-10-12-9-11-3-1-2-4-15(11)19-16(12)20-18/h1-9H,10,18H2,(H,19,20). The van der Waals surface area contributed by atoms with Crippen LogP contribution in [0.25, 0.3) is 10.9 Å². The number of aromatic nitrogens is 1. The predicted molar refractivity (Wildman–Crippen MR) is 88.0 cm³/mol. The summed E-state index contributed by atoms with van der Waals surface area (Å²) in [5.41, 5.74) is 4.45. The zero-order valence-corrected chi connectivity index (χ0v) is 12.8. The second-order valence-corrected chi connectivity index (χ2v) is 5.49. The van der Waals surface area contributed by atoms with Crippen LogP contribution in [0.15, 0.2) is 59.1 Å². The molecule has 0 aliphatic carbocycles. The molecule has 5 heteroatoms. The number of para-hydroxylation sites is 1. The molecule has 0 amide bonds. The Balaban J connectivity index is 1.86. The number of rotatable bonds is 4. The maximum Gasteiger partial charge on any atom is 0.147 e. The van der Waals surface area contributed by atoms with Gasteiger partial charge in [0.15, 0.2) is 0 Å². The number of hydrazine groups is 1. The molecule has 4 nitrogen and oxygen atoms in total. The van der Waals surface area contributed by atoms with Crippen LogP contribution in [0.1, 0.15) is 5.56 Å². The third-order valence-corrected chi connectivity index (χ3v) is 3.68. The van der Waals surface area contributed by atoms with E-state index in [1.54, 1.807) is 0 Å². The Kier molecular flexibility index (Phi) is 4.03. The lowest BCUT2D eigenvalue weighted by Gasteiger charge is -2.11. The first-order valence-electron chi connectivity index (χ1n) is 6.50. The molecule has 106 valence electrons. The van der Waals surface area contributed by atoms with E-state index >= 15 is 0 Å². The van der Waals surface area contributed by atoms with E-state index in [1.165, 1.54) is 0 Å². The first kappa shape index (κ1) is 13.9. The summed E-state index contributed by atoms with van der Waals surface area (Å²) in [6, 6.07) is 17.7. The SMILES string of the molecule is NNc1nc2ccccc2cc1COc1ccc(Br)cc1. The fourth-order valence-electron chi connectivity index (χ4n) is 2.09. The van der Waals surface area contributed by atoms with E-state index in [9.17, 15) is 0 Å². The molecule has 3 N–H and O–H groups in total. The summed E-state index contributed by atoms with van der Waals surface area (Å²) in [6.45, 7) is 0.402. The van der Waals surface area contributed by atoms with Gasteiger partial charge in [0.2, 0.25) is 0 Å². The Morgan fingerprint density at radius 2 is 1.86 bits per heavy atom. The quantitative estimate of drug-likeness (QED) is 0.557. The highest BCUT2D eigenvalue weighted by Crippen LogP contribution is 2.22. The zero-order chi connectivity index (χ0) is 14.7. The number of anilines is 1. The third kappa shape index (κ3) is 3.15. The largest absolute Gasteiger partial charge is 0.489 e. The van der Waals surface area contributed by atoms with E-state index < -0.39 is 0 Å². The Hall–Kier alpha value is -2.11. The normalized spacial score (nSPS) is 10.6. The van der Waals surface area contributed by atoms with Crippen molar-refractivity contribution in [1.82, 2.24) is 4.98 Å². The van der Waals surface area contributed by atoms with Gasteiger partial charge in [0.25, 0.3) is 0 Å². The van der Waals surface area contributed by atoms with E-state index in [-0.39, 0.29) is 0 Å². The topological polar surface area (TPSA) is 60.2 Å². The van der Waals surface area contributed by atoms with E-state index in [2.05, 4.69) is 26.3 Å². The van der Waals surface area contributed by atoms with Gasteiger partial charge >= 0.3 is 0 Å². The number of benzene rings is 2. The number of pyridine rings is 1. The van der Waals surface area contributed by atoms with Crippen LogP contribution < -0.4 is 16.0 Å². The van der Waals surface area contributed by atoms with Crippen molar-refractivity contribution in [3.05, 3.63) is 64.6 Å². The van der Waals surface area contributed by atoms with E-state index in [4.69, 9.17) is 10.6 Å². The van der Waals surface area contributed by atoms with Crippen LogP contribution in [-0.4, -0.2) is 4.98 Å². The van der Waals surface area contributed by atoms with Gasteiger partial charge in [-0.05, 0) is 36.4 Å². The van der Waals surface area contributed by atoms with E-state index in [1.807, 2.05) is 54.6 Å².